The van der Waals surface area contributed by atoms with E-state index in [4.69, 9.17) is 10.5 Å². The molecule has 0 aromatic heterocycles. The predicted molar refractivity (Wildman–Crippen MR) is 75.5 cm³/mol. The van der Waals surface area contributed by atoms with Crippen LogP contribution in [-0.4, -0.2) is 6.09 Å². The van der Waals surface area contributed by atoms with Gasteiger partial charge in [0.05, 0.1) is 0 Å². The molecule has 2 aromatic carbocycles. The fourth-order valence-corrected chi connectivity index (χ4v) is 2.03. The number of benzene rings is 2. The Kier molecular flexibility index (Phi) is 3.74. The summed E-state index contributed by atoms with van der Waals surface area (Å²) in [5, 5.41) is 0. The Morgan fingerprint density at radius 3 is 2.35 bits per heavy atom. The Morgan fingerprint density at radius 2 is 1.75 bits per heavy atom. The molecule has 104 valence electrons. The summed E-state index contributed by atoms with van der Waals surface area (Å²) in [7, 11) is 0. The average Bonchev–Trinajstić information content (AvgIpc) is 2.38. The number of primary amides is 1. The summed E-state index contributed by atoms with van der Waals surface area (Å²) in [6.07, 6.45) is -0.817. The molecule has 0 aliphatic heterocycles. The molecule has 0 aliphatic rings. The third kappa shape index (κ3) is 3.15. The normalized spacial score (nSPS) is 11.2. The van der Waals surface area contributed by atoms with Crippen molar-refractivity contribution in [1.82, 2.24) is 0 Å². The van der Waals surface area contributed by atoms with E-state index < -0.39 is 11.7 Å². The highest BCUT2D eigenvalue weighted by Gasteiger charge is 2.24. The van der Waals surface area contributed by atoms with Crippen LogP contribution in [0.4, 0.5) is 9.18 Å². The predicted octanol–water partition coefficient (Wildman–Crippen LogP) is 3.82. The van der Waals surface area contributed by atoms with Crippen molar-refractivity contribution in [2.24, 2.45) is 5.73 Å². The lowest BCUT2D eigenvalue weighted by molar-refractivity contribution is 0.0433. The van der Waals surface area contributed by atoms with Crippen LogP contribution in [0.2, 0.25) is 0 Å². The van der Waals surface area contributed by atoms with E-state index >= 15 is 0 Å². The lowest BCUT2D eigenvalue weighted by Crippen LogP contribution is -2.28. The van der Waals surface area contributed by atoms with Crippen molar-refractivity contribution in [3.05, 3.63) is 59.9 Å². The monoisotopic (exact) mass is 273 g/mol. The first kappa shape index (κ1) is 14.1. The summed E-state index contributed by atoms with van der Waals surface area (Å²) in [6.45, 7) is 3.53. The summed E-state index contributed by atoms with van der Waals surface area (Å²) < 4.78 is 18.1. The van der Waals surface area contributed by atoms with E-state index in [1.165, 1.54) is 12.1 Å². The highest BCUT2D eigenvalue weighted by atomic mass is 19.1. The van der Waals surface area contributed by atoms with Crippen molar-refractivity contribution in [3.8, 4) is 11.1 Å². The van der Waals surface area contributed by atoms with Gasteiger partial charge in [-0.2, -0.15) is 0 Å². The number of amides is 1. The molecule has 0 fully saturated rings. The molecular formula is C16H16FNO2. The van der Waals surface area contributed by atoms with Gasteiger partial charge in [-0.05, 0) is 48.7 Å². The topological polar surface area (TPSA) is 52.3 Å². The van der Waals surface area contributed by atoms with Gasteiger partial charge in [-0.15, -0.1) is 0 Å². The summed E-state index contributed by atoms with van der Waals surface area (Å²) in [5.41, 5.74) is 6.89. The van der Waals surface area contributed by atoms with Crippen molar-refractivity contribution in [2.45, 2.75) is 19.4 Å². The van der Waals surface area contributed by atoms with Crippen molar-refractivity contribution in [3.63, 3.8) is 0 Å². The second kappa shape index (κ2) is 5.33. The van der Waals surface area contributed by atoms with E-state index in [9.17, 15) is 9.18 Å². The Hall–Kier alpha value is -2.36. The molecule has 0 atom stereocenters. The van der Waals surface area contributed by atoms with E-state index in [0.717, 1.165) is 16.7 Å². The molecule has 2 rings (SSSR count). The Labute approximate surface area is 117 Å². The van der Waals surface area contributed by atoms with Gasteiger partial charge in [-0.25, -0.2) is 9.18 Å². The Bertz CT molecular complexity index is 621. The maximum absolute atomic E-state index is 12.9. The summed E-state index contributed by atoms with van der Waals surface area (Å²) >= 11 is 0. The number of hydrogen-bond acceptors (Lipinski definition) is 2. The highest BCUT2D eigenvalue weighted by Crippen LogP contribution is 2.29. The lowest BCUT2D eigenvalue weighted by Gasteiger charge is -2.25. The van der Waals surface area contributed by atoms with Gasteiger partial charge in [0.15, 0.2) is 0 Å². The maximum Gasteiger partial charge on any atom is 0.405 e. The number of carbonyl (C=O) groups is 1. The average molecular weight is 273 g/mol. The van der Waals surface area contributed by atoms with Crippen molar-refractivity contribution >= 4 is 6.09 Å². The standard InChI is InChI=1S/C16H16FNO2/c1-16(2,20-15(18)19)13-5-3-4-12(10-13)11-6-8-14(17)9-7-11/h3-10H,1-2H3,(H2,18,19). The molecule has 4 heteroatoms. The van der Waals surface area contributed by atoms with E-state index in [0.29, 0.717) is 0 Å². The highest BCUT2D eigenvalue weighted by molar-refractivity contribution is 5.67. The smallest absolute Gasteiger partial charge is 0.405 e. The van der Waals surface area contributed by atoms with Gasteiger partial charge < -0.3 is 10.5 Å². The van der Waals surface area contributed by atoms with Gasteiger partial charge in [-0.1, -0.05) is 30.3 Å². The fourth-order valence-electron chi connectivity index (χ4n) is 2.03. The van der Waals surface area contributed by atoms with Crippen molar-refractivity contribution < 1.29 is 13.9 Å². The zero-order valence-corrected chi connectivity index (χ0v) is 11.4. The zero-order chi connectivity index (χ0) is 14.8. The third-order valence-electron chi connectivity index (χ3n) is 3.09. The first-order valence-corrected chi connectivity index (χ1v) is 6.23. The van der Waals surface area contributed by atoms with Gasteiger partial charge in [-0.3, -0.25) is 0 Å². The Morgan fingerprint density at radius 1 is 1.10 bits per heavy atom. The summed E-state index contributed by atoms with van der Waals surface area (Å²) in [5.74, 6) is -0.276. The molecular weight excluding hydrogens is 257 g/mol. The molecule has 0 radical (unpaired) electrons. The molecule has 0 saturated carbocycles. The number of ether oxygens (including phenoxy) is 1. The fraction of sp³-hybridized carbons (Fsp3) is 0.188. The number of hydrogen-bond donors (Lipinski definition) is 1. The minimum atomic E-state index is -0.818. The minimum Gasteiger partial charge on any atom is -0.439 e. The van der Waals surface area contributed by atoms with Crippen LogP contribution in [0.3, 0.4) is 0 Å². The summed E-state index contributed by atoms with van der Waals surface area (Å²) in [4.78, 5) is 10.9. The van der Waals surface area contributed by atoms with Crippen LogP contribution in [-0.2, 0) is 10.3 Å². The van der Waals surface area contributed by atoms with Gasteiger partial charge in [0.25, 0.3) is 0 Å². The molecule has 20 heavy (non-hydrogen) atoms. The third-order valence-corrected chi connectivity index (χ3v) is 3.09. The van der Waals surface area contributed by atoms with Gasteiger partial charge >= 0.3 is 6.09 Å². The van der Waals surface area contributed by atoms with E-state index in [-0.39, 0.29) is 5.82 Å². The second-order valence-corrected chi connectivity index (χ2v) is 5.02. The van der Waals surface area contributed by atoms with E-state index in [2.05, 4.69) is 0 Å². The molecule has 0 bridgehead atoms. The number of halogens is 1. The molecule has 0 heterocycles. The van der Waals surface area contributed by atoms with E-state index in [1.807, 2.05) is 24.3 Å². The molecule has 3 nitrogen and oxygen atoms in total. The van der Waals surface area contributed by atoms with Crippen LogP contribution in [0, 0.1) is 5.82 Å². The number of carbonyl (C=O) groups excluding carboxylic acids is 1. The van der Waals surface area contributed by atoms with E-state index in [1.54, 1.807) is 26.0 Å². The minimum absolute atomic E-state index is 0.276. The lowest BCUT2D eigenvalue weighted by atomic mass is 9.94. The van der Waals surface area contributed by atoms with Crippen LogP contribution < -0.4 is 5.73 Å². The molecule has 0 saturated heterocycles. The summed E-state index contributed by atoms with van der Waals surface area (Å²) in [6, 6.07) is 13.8. The van der Waals surface area contributed by atoms with Crippen molar-refractivity contribution in [2.75, 3.05) is 0 Å². The van der Waals surface area contributed by atoms with Crippen LogP contribution in [0.15, 0.2) is 48.5 Å². The van der Waals surface area contributed by atoms with Crippen LogP contribution in [0.5, 0.6) is 0 Å². The zero-order valence-electron chi connectivity index (χ0n) is 11.4. The first-order chi connectivity index (χ1) is 9.38. The molecule has 2 aromatic rings. The number of nitrogens with two attached hydrogens (primary N) is 1. The molecule has 2 N–H and O–H groups in total. The van der Waals surface area contributed by atoms with Gasteiger partial charge in [0.2, 0.25) is 0 Å². The van der Waals surface area contributed by atoms with Crippen LogP contribution in [0.25, 0.3) is 11.1 Å². The van der Waals surface area contributed by atoms with Crippen LogP contribution in [0.1, 0.15) is 19.4 Å². The molecule has 0 unspecified atom stereocenters. The SMILES string of the molecule is CC(C)(OC(N)=O)c1cccc(-c2ccc(F)cc2)c1. The molecule has 0 aliphatic carbocycles. The first-order valence-electron chi connectivity index (χ1n) is 6.23. The second-order valence-electron chi connectivity index (χ2n) is 5.02. The molecule has 1 amide bonds. The van der Waals surface area contributed by atoms with Crippen LogP contribution >= 0.6 is 0 Å². The Balaban J connectivity index is 2.37. The molecule has 0 spiro atoms. The largest absolute Gasteiger partial charge is 0.439 e. The van der Waals surface area contributed by atoms with Gasteiger partial charge in [0, 0.05) is 0 Å². The maximum atomic E-state index is 12.9. The van der Waals surface area contributed by atoms with Gasteiger partial charge in [0.1, 0.15) is 11.4 Å². The number of rotatable bonds is 3. The van der Waals surface area contributed by atoms with Crippen molar-refractivity contribution in [1.29, 1.82) is 0 Å². The quantitative estimate of drug-likeness (QED) is 0.924.